The van der Waals surface area contributed by atoms with E-state index >= 15 is 0 Å². The zero-order valence-corrected chi connectivity index (χ0v) is 13.3. The van der Waals surface area contributed by atoms with Crippen molar-refractivity contribution >= 4 is 7.32 Å². The van der Waals surface area contributed by atoms with Crippen LogP contribution in [0.4, 0.5) is 13.2 Å². The highest BCUT2D eigenvalue weighted by Crippen LogP contribution is 2.15. The van der Waals surface area contributed by atoms with E-state index in [2.05, 4.69) is 30.3 Å². The lowest BCUT2D eigenvalue weighted by molar-refractivity contribution is -0.288. The van der Waals surface area contributed by atoms with Crippen LogP contribution in [0.1, 0.15) is 59.3 Å². The Balaban J connectivity index is 0. The Morgan fingerprint density at radius 2 is 1.19 bits per heavy atom. The molecule has 0 amide bonds. The zero-order valence-electron chi connectivity index (χ0n) is 13.3. The normalized spacial score (nSPS) is 11.3. The predicted octanol–water partition coefficient (Wildman–Crippen LogP) is 3.18. The minimum absolute atomic E-state index is 1.32. The van der Waals surface area contributed by atoms with Gasteiger partial charge in [-0.25, -0.2) is 0 Å². The summed E-state index contributed by atoms with van der Waals surface area (Å²) in [4.78, 5) is 2.64. The van der Waals surface area contributed by atoms with E-state index in [9.17, 15) is 13.2 Å². The molecule has 0 radical (unpaired) electrons. The summed E-state index contributed by atoms with van der Waals surface area (Å²) in [5.74, 6) is 0. The Bertz CT molecular complexity index is 200. The highest BCUT2D eigenvalue weighted by atomic mass is 19.4. The number of halogens is 3. The summed E-state index contributed by atoms with van der Waals surface area (Å²) in [5.41, 5.74) is 0. The Kier molecular flexibility index (Phi) is 16.0. The quantitative estimate of drug-likeness (QED) is 0.608. The molecule has 0 aromatic carbocycles. The van der Waals surface area contributed by atoms with E-state index in [1.54, 1.807) is 0 Å². The molecule has 0 spiro atoms. The molecule has 4 nitrogen and oxygen atoms in total. The molecular formula is C13H29BF3NO3. The van der Waals surface area contributed by atoms with Gasteiger partial charge in [-0.2, -0.15) is 0 Å². The fourth-order valence-corrected chi connectivity index (χ4v) is 1.60. The van der Waals surface area contributed by atoms with Crippen LogP contribution in [0.2, 0.25) is 0 Å². The van der Waals surface area contributed by atoms with Crippen LogP contribution < -0.4 is 0 Å². The molecule has 0 aliphatic heterocycles. The van der Waals surface area contributed by atoms with E-state index in [0.717, 1.165) is 0 Å². The third kappa shape index (κ3) is 22.1. The molecule has 21 heavy (non-hydrogen) atoms. The summed E-state index contributed by atoms with van der Waals surface area (Å²) < 4.78 is 34.8. The molecule has 0 fully saturated rings. The second-order valence-corrected chi connectivity index (χ2v) is 4.79. The fraction of sp³-hybridized carbons (Fsp3) is 1.00. The summed E-state index contributed by atoms with van der Waals surface area (Å²) in [7, 11) is -2.78. The molecule has 2 N–H and O–H groups in total. The first-order valence-corrected chi connectivity index (χ1v) is 7.59. The van der Waals surface area contributed by atoms with Gasteiger partial charge in [-0.15, -0.1) is 13.2 Å². The third-order valence-corrected chi connectivity index (χ3v) is 2.72. The molecule has 8 heteroatoms. The van der Waals surface area contributed by atoms with Gasteiger partial charge in [0.25, 0.3) is 0 Å². The van der Waals surface area contributed by atoms with Gasteiger partial charge in [0.2, 0.25) is 0 Å². The standard InChI is InChI=1S/C12H27N.CH2BF3O3/c1-4-7-10-13(11-8-5-2)12-9-6-3;3-1(4,5)8-2(6)7/h4-12H2,1-3H3;6-7H. The van der Waals surface area contributed by atoms with Crippen LogP contribution >= 0.6 is 0 Å². The van der Waals surface area contributed by atoms with Gasteiger partial charge in [-0.1, -0.05) is 40.0 Å². The van der Waals surface area contributed by atoms with Gasteiger partial charge in [0.05, 0.1) is 0 Å². The Labute approximate surface area is 126 Å². The molecular weight excluding hydrogens is 286 g/mol. The molecule has 0 saturated carbocycles. The molecule has 0 aliphatic carbocycles. The van der Waals surface area contributed by atoms with Crippen molar-refractivity contribution in [2.45, 2.75) is 65.7 Å². The second-order valence-electron chi connectivity index (χ2n) is 4.79. The van der Waals surface area contributed by atoms with Gasteiger partial charge in [-0.05, 0) is 38.9 Å². The number of unbranched alkanes of at least 4 members (excludes halogenated alkanes) is 3. The van der Waals surface area contributed by atoms with E-state index < -0.39 is 13.7 Å². The van der Waals surface area contributed by atoms with Crippen molar-refractivity contribution in [3.05, 3.63) is 0 Å². The minimum atomic E-state index is -4.98. The number of hydrogen-bond donors (Lipinski definition) is 2. The van der Waals surface area contributed by atoms with E-state index in [1.807, 2.05) is 0 Å². The van der Waals surface area contributed by atoms with Crippen LogP contribution in [-0.2, 0) is 4.65 Å². The minimum Gasteiger partial charge on any atom is -0.402 e. The summed E-state index contributed by atoms with van der Waals surface area (Å²) in [5, 5.41) is 15.0. The second kappa shape index (κ2) is 14.6. The lowest BCUT2D eigenvalue weighted by Crippen LogP contribution is -2.27. The Morgan fingerprint density at radius 1 is 0.857 bits per heavy atom. The third-order valence-electron chi connectivity index (χ3n) is 2.72. The van der Waals surface area contributed by atoms with Gasteiger partial charge in [0, 0.05) is 0 Å². The maximum Gasteiger partial charge on any atom is 0.640 e. The fourth-order valence-electron chi connectivity index (χ4n) is 1.60. The van der Waals surface area contributed by atoms with Gasteiger partial charge in [0.1, 0.15) is 0 Å². The molecule has 0 atom stereocenters. The lowest BCUT2D eigenvalue weighted by atomic mass is 10.2. The van der Waals surface area contributed by atoms with Crippen molar-refractivity contribution < 1.29 is 27.9 Å². The highest BCUT2D eigenvalue weighted by Gasteiger charge is 2.34. The molecule has 0 bridgehead atoms. The van der Waals surface area contributed by atoms with Crippen molar-refractivity contribution in [3.63, 3.8) is 0 Å². The SMILES string of the molecule is CCCCN(CCCC)CCCC.OB(O)OC(F)(F)F. The summed E-state index contributed by atoms with van der Waals surface area (Å²) in [6.07, 6.45) is 3.11. The zero-order chi connectivity index (χ0) is 16.7. The molecule has 0 heterocycles. The van der Waals surface area contributed by atoms with Crippen molar-refractivity contribution in [1.29, 1.82) is 0 Å². The van der Waals surface area contributed by atoms with Crippen LogP contribution in [-0.4, -0.2) is 48.3 Å². The molecule has 128 valence electrons. The van der Waals surface area contributed by atoms with Crippen LogP contribution in [0.15, 0.2) is 0 Å². The van der Waals surface area contributed by atoms with Crippen molar-refractivity contribution in [2.24, 2.45) is 0 Å². The lowest BCUT2D eigenvalue weighted by Gasteiger charge is -2.21. The van der Waals surface area contributed by atoms with Crippen LogP contribution in [0.5, 0.6) is 0 Å². The summed E-state index contributed by atoms with van der Waals surface area (Å²) >= 11 is 0. The van der Waals surface area contributed by atoms with Gasteiger partial charge in [-0.3, -0.25) is 4.65 Å². The summed E-state index contributed by atoms with van der Waals surface area (Å²) in [6, 6.07) is 0. The Hall–Kier alpha value is -0.305. The number of nitrogens with zero attached hydrogens (tertiary/aromatic N) is 1. The van der Waals surface area contributed by atoms with Gasteiger partial charge >= 0.3 is 13.7 Å². The van der Waals surface area contributed by atoms with Crippen LogP contribution in [0, 0.1) is 0 Å². The Morgan fingerprint density at radius 3 is 1.33 bits per heavy atom. The number of rotatable bonds is 10. The smallest absolute Gasteiger partial charge is 0.402 e. The van der Waals surface area contributed by atoms with E-state index in [0.29, 0.717) is 0 Å². The first-order valence-electron chi connectivity index (χ1n) is 7.59. The number of alkyl halides is 3. The summed E-state index contributed by atoms with van der Waals surface area (Å²) in [6.45, 7) is 10.8. The molecule has 0 rings (SSSR count). The maximum absolute atomic E-state index is 10.8. The van der Waals surface area contributed by atoms with Crippen molar-refractivity contribution in [1.82, 2.24) is 4.90 Å². The average molecular weight is 315 g/mol. The van der Waals surface area contributed by atoms with E-state index in [-0.39, 0.29) is 0 Å². The largest absolute Gasteiger partial charge is 0.640 e. The number of hydrogen-bond acceptors (Lipinski definition) is 4. The van der Waals surface area contributed by atoms with Crippen LogP contribution in [0.3, 0.4) is 0 Å². The first kappa shape index (κ1) is 23.0. The van der Waals surface area contributed by atoms with Crippen molar-refractivity contribution in [2.75, 3.05) is 19.6 Å². The van der Waals surface area contributed by atoms with E-state index in [1.165, 1.54) is 58.2 Å². The predicted molar refractivity (Wildman–Crippen MR) is 78.5 cm³/mol. The monoisotopic (exact) mass is 315 g/mol. The van der Waals surface area contributed by atoms with E-state index in [4.69, 9.17) is 10.0 Å². The highest BCUT2D eigenvalue weighted by molar-refractivity contribution is 6.32. The van der Waals surface area contributed by atoms with Crippen LogP contribution in [0.25, 0.3) is 0 Å². The molecule has 0 unspecified atom stereocenters. The average Bonchev–Trinajstić information content (AvgIpc) is 2.35. The van der Waals surface area contributed by atoms with Crippen molar-refractivity contribution in [3.8, 4) is 0 Å². The molecule has 0 aliphatic rings. The van der Waals surface area contributed by atoms with Gasteiger partial charge < -0.3 is 14.9 Å². The van der Waals surface area contributed by atoms with Gasteiger partial charge in [0.15, 0.2) is 0 Å². The first-order chi connectivity index (χ1) is 9.76. The topological polar surface area (TPSA) is 52.9 Å². The molecule has 0 saturated heterocycles. The molecule has 0 aromatic heterocycles. The maximum atomic E-state index is 10.8. The molecule has 0 aromatic rings.